The van der Waals surface area contributed by atoms with Gasteiger partial charge in [-0.05, 0) is 25.0 Å². The Kier molecular flexibility index (Phi) is 2.94. The zero-order chi connectivity index (χ0) is 13.4. The molecule has 100 valence electrons. The van der Waals surface area contributed by atoms with Crippen LogP contribution in [-0.4, -0.2) is 39.9 Å². The number of piperidine rings is 1. The second-order valence-electron chi connectivity index (χ2n) is 4.91. The maximum Gasteiger partial charge on any atom is 0.256 e. The highest BCUT2D eigenvalue weighted by atomic mass is 19.1. The summed E-state index contributed by atoms with van der Waals surface area (Å²) < 4.78 is 13.5. The van der Waals surface area contributed by atoms with Crippen LogP contribution in [0.25, 0.3) is 11.0 Å². The molecule has 1 fully saturated rings. The van der Waals surface area contributed by atoms with Crippen molar-refractivity contribution in [1.29, 1.82) is 0 Å². The first-order chi connectivity index (χ1) is 9.15. The zero-order valence-corrected chi connectivity index (χ0v) is 10.4. The van der Waals surface area contributed by atoms with Crippen LogP contribution in [0.3, 0.4) is 0 Å². The van der Waals surface area contributed by atoms with Crippen LogP contribution in [0.1, 0.15) is 23.2 Å². The molecule has 0 aliphatic carbocycles. The van der Waals surface area contributed by atoms with Crippen molar-refractivity contribution in [1.82, 2.24) is 14.9 Å². The van der Waals surface area contributed by atoms with E-state index in [0.29, 0.717) is 29.7 Å². The first kappa shape index (κ1) is 12.1. The second-order valence-corrected chi connectivity index (χ2v) is 4.91. The Morgan fingerprint density at radius 2 is 2.37 bits per heavy atom. The van der Waals surface area contributed by atoms with Gasteiger partial charge in [0.25, 0.3) is 5.91 Å². The molecule has 1 amide bonds. The fourth-order valence-corrected chi connectivity index (χ4v) is 2.54. The van der Waals surface area contributed by atoms with Crippen LogP contribution in [0.2, 0.25) is 0 Å². The van der Waals surface area contributed by atoms with Gasteiger partial charge in [-0.1, -0.05) is 0 Å². The van der Waals surface area contributed by atoms with E-state index < -0.39 is 5.82 Å². The third-order valence-corrected chi connectivity index (χ3v) is 3.46. The Balaban J connectivity index is 1.99. The summed E-state index contributed by atoms with van der Waals surface area (Å²) in [4.78, 5) is 21.1. The Labute approximate surface area is 109 Å². The van der Waals surface area contributed by atoms with Gasteiger partial charge < -0.3 is 15.6 Å². The van der Waals surface area contributed by atoms with Gasteiger partial charge in [0.05, 0.1) is 17.4 Å². The van der Waals surface area contributed by atoms with Crippen LogP contribution < -0.4 is 5.73 Å². The molecule has 6 heteroatoms. The van der Waals surface area contributed by atoms with Crippen molar-refractivity contribution >= 4 is 16.9 Å². The van der Waals surface area contributed by atoms with Gasteiger partial charge in [0, 0.05) is 19.1 Å². The van der Waals surface area contributed by atoms with Crippen molar-refractivity contribution in [3.8, 4) is 0 Å². The van der Waals surface area contributed by atoms with E-state index >= 15 is 0 Å². The molecule has 3 N–H and O–H groups in total. The summed E-state index contributed by atoms with van der Waals surface area (Å²) in [5, 5.41) is 0. The van der Waals surface area contributed by atoms with Crippen molar-refractivity contribution in [2.24, 2.45) is 5.73 Å². The first-order valence-corrected chi connectivity index (χ1v) is 6.32. The van der Waals surface area contributed by atoms with E-state index in [0.717, 1.165) is 12.8 Å². The molecule has 19 heavy (non-hydrogen) atoms. The SMILES string of the molecule is NC1CCCN(C(=O)c2cc(F)cc3[nH]cnc23)C1. The monoisotopic (exact) mass is 262 g/mol. The van der Waals surface area contributed by atoms with Crippen molar-refractivity contribution in [2.75, 3.05) is 13.1 Å². The van der Waals surface area contributed by atoms with Crippen LogP contribution in [0.15, 0.2) is 18.5 Å². The highest BCUT2D eigenvalue weighted by molar-refractivity contribution is 6.04. The molecule has 2 aromatic rings. The Bertz CT molecular complexity index is 624. The standard InChI is InChI=1S/C13H15FN4O/c14-8-4-10(12-11(5-8)16-7-17-12)13(19)18-3-1-2-9(15)6-18/h4-5,7,9H,1-3,6,15H2,(H,16,17). The molecular formula is C13H15FN4O. The second kappa shape index (κ2) is 4.62. The minimum absolute atomic E-state index is 0.000865. The lowest BCUT2D eigenvalue weighted by Gasteiger charge is -2.30. The predicted octanol–water partition coefficient (Wildman–Crippen LogP) is 1.27. The minimum atomic E-state index is -0.443. The van der Waals surface area contributed by atoms with Gasteiger partial charge in [-0.2, -0.15) is 0 Å². The number of halogens is 1. The van der Waals surface area contributed by atoms with Crippen molar-refractivity contribution in [2.45, 2.75) is 18.9 Å². The number of H-pyrrole nitrogens is 1. The number of aromatic nitrogens is 2. The largest absolute Gasteiger partial charge is 0.344 e. The molecule has 3 rings (SSSR count). The number of benzene rings is 1. The predicted molar refractivity (Wildman–Crippen MR) is 69.2 cm³/mol. The summed E-state index contributed by atoms with van der Waals surface area (Å²) in [5.41, 5.74) is 7.21. The summed E-state index contributed by atoms with van der Waals surface area (Å²) >= 11 is 0. The molecule has 5 nitrogen and oxygen atoms in total. The third kappa shape index (κ3) is 2.19. The van der Waals surface area contributed by atoms with Crippen molar-refractivity contribution in [3.05, 3.63) is 29.8 Å². The molecule has 2 heterocycles. The quantitative estimate of drug-likeness (QED) is 0.812. The zero-order valence-electron chi connectivity index (χ0n) is 10.4. The number of carbonyl (C=O) groups is 1. The normalized spacial score (nSPS) is 19.9. The van der Waals surface area contributed by atoms with Crippen LogP contribution in [0.4, 0.5) is 4.39 Å². The smallest absolute Gasteiger partial charge is 0.256 e. The van der Waals surface area contributed by atoms with Gasteiger partial charge in [0.1, 0.15) is 11.3 Å². The highest BCUT2D eigenvalue weighted by Gasteiger charge is 2.24. The number of likely N-dealkylation sites (tertiary alicyclic amines) is 1. The lowest BCUT2D eigenvalue weighted by molar-refractivity contribution is 0.0710. The molecule has 1 unspecified atom stereocenters. The summed E-state index contributed by atoms with van der Waals surface area (Å²) in [6, 6.07) is 2.58. The van der Waals surface area contributed by atoms with E-state index in [2.05, 4.69) is 9.97 Å². The molecule has 1 saturated heterocycles. The van der Waals surface area contributed by atoms with E-state index in [-0.39, 0.29) is 11.9 Å². The summed E-state index contributed by atoms with van der Waals surface area (Å²) in [7, 11) is 0. The molecule has 0 spiro atoms. The molecule has 1 aliphatic heterocycles. The molecular weight excluding hydrogens is 247 g/mol. The van der Waals surface area contributed by atoms with E-state index in [4.69, 9.17) is 5.73 Å². The fraction of sp³-hybridized carbons (Fsp3) is 0.385. The van der Waals surface area contributed by atoms with Crippen LogP contribution in [0.5, 0.6) is 0 Å². The summed E-state index contributed by atoms with van der Waals surface area (Å²) in [6.45, 7) is 1.18. The molecule has 0 saturated carbocycles. The van der Waals surface area contributed by atoms with E-state index in [1.54, 1.807) is 4.90 Å². The van der Waals surface area contributed by atoms with Crippen molar-refractivity contribution in [3.63, 3.8) is 0 Å². The van der Waals surface area contributed by atoms with Gasteiger partial charge in [0.2, 0.25) is 0 Å². The maximum atomic E-state index is 13.5. The summed E-state index contributed by atoms with van der Waals surface area (Å²) in [6.07, 6.45) is 3.26. The third-order valence-electron chi connectivity index (χ3n) is 3.46. The van der Waals surface area contributed by atoms with Crippen LogP contribution >= 0.6 is 0 Å². The van der Waals surface area contributed by atoms with Crippen LogP contribution in [0, 0.1) is 5.82 Å². The Morgan fingerprint density at radius 3 is 3.16 bits per heavy atom. The number of nitrogens with two attached hydrogens (primary N) is 1. The van der Waals surface area contributed by atoms with Gasteiger partial charge in [0.15, 0.2) is 0 Å². The van der Waals surface area contributed by atoms with E-state index in [1.165, 1.54) is 18.5 Å². The van der Waals surface area contributed by atoms with Gasteiger partial charge in [-0.15, -0.1) is 0 Å². The number of hydrogen-bond acceptors (Lipinski definition) is 3. The van der Waals surface area contributed by atoms with Gasteiger partial charge >= 0.3 is 0 Å². The maximum absolute atomic E-state index is 13.5. The lowest BCUT2D eigenvalue weighted by atomic mass is 10.0. The lowest BCUT2D eigenvalue weighted by Crippen LogP contribution is -2.45. The van der Waals surface area contributed by atoms with E-state index in [9.17, 15) is 9.18 Å². The Morgan fingerprint density at radius 1 is 1.53 bits per heavy atom. The molecule has 0 radical (unpaired) electrons. The number of fused-ring (bicyclic) bond motifs is 1. The number of imidazole rings is 1. The molecule has 0 bridgehead atoms. The average Bonchev–Trinajstić information content (AvgIpc) is 2.85. The molecule has 1 aromatic heterocycles. The highest BCUT2D eigenvalue weighted by Crippen LogP contribution is 2.20. The number of nitrogens with zero attached hydrogens (tertiary/aromatic N) is 2. The van der Waals surface area contributed by atoms with Gasteiger partial charge in [-0.3, -0.25) is 4.79 Å². The topological polar surface area (TPSA) is 75.0 Å². The molecule has 1 aliphatic rings. The number of hydrogen-bond donors (Lipinski definition) is 2. The van der Waals surface area contributed by atoms with E-state index in [1.807, 2.05) is 0 Å². The fourth-order valence-electron chi connectivity index (χ4n) is 2.54. The number of nitrogens with one attached hydrogen (secondary N) is 1. The number of amides is 1. The average molecular weight is 262 g/mol. The molecule has 1 atom stereocenters. The molecule has 1 aromatic carbocycles. The number of carbonyl (C=O) groups excluding carboxylic acids is 1. The first-order valence-electron chi connectivity index (χ1n) is 6.32. The number of aromatic amines is 1. The number of rotatable bonds is 1. The Hall–Kier alpha value is -1.95. The minimum Gasteiger partial charge on any atom is -0.344 e. The van der Waals surface area contributed by atoms with Crippen LogP contribution in [-0.2, 0) is 0 Å². The van der Waals surface area contributed by atoms with Crippen molar-refractivity contribution < 1.29 is 9.18 Å². The van der Waals surface area contributed by atoms with Gasteiger partial charge in [-0.25, -0.2) is 9.37 Å². The summed E-state index contributed by atoms with van der Waals surface area (Å²) in [5.74, 6) is -0.645.